The third-order valence-electron chi connectivity index (χ3n) is 10.7. The Bertz CT molecular complexity index is 1530. The molecule has 0 unspecified atom stereocenters. The number of rotatable bonds is 5. The Morgan fingerprint density at radius 2 is 1.85 bits per heavy atom. The second-order valence-corrected chi connectivity index (χ2v) is 12.9. The summed E-state index contributed by atoms with van der Waals surface area (Å²) in [6, 6.07) is 11.1. The first-order valence-electron chi connectivity index (χ1n) is 15.6. The summed E-state index contributed by atoms with van der Waals surface area (Å²) in [5.74, 6) is 2.70. The average molecular weight is 552 g/mol. The molecule has 3 aromatic rings. The molecule has 4 fully saturated rings. The van der Waals surface area contributed by atoms with E-state index in [1.807, 2.05) is 18.2 Å². The number of hydrogen-bond acceptors (Lipinski definition) is 6. The van der Waals surface area contributed by atoms with Crippen LogP contribution in [0.3, 0.4) is 0 Å². The number of fused-ring (bicyclic) bond motifs is 5. The van der Waals surface area contributed by atoms with E-state index in [0.29, 0.717) is 42.7 Å². The van der Waals surface area contributed by atoms with E-state index in [2.05, 4.69) is 27.1 Å². The molecule has 0 aliphatic carbocycles. The van der Waals surface area contributed by atoms with E-state index < -0.39 is 0 Å². The van der Waals surface area contributed by atoms with Gasteiger partial charge in [0.25, 0.3) is 0 Å². The molecule has 1 aromatic heterocycles. The van der Waals surface area contributed by atoms with Crippen LogP contribution in [-0.4, -0.2) is 58.7 Å². The van der Waals surface area contributed by atoms with Crippen molar-refractivity contribution in [2.75, 3.05) is 31.1 Å². The molecule has 212 valence electrons. The fraction of sp³-hybridized carbons (Fsp3) is 0.529. The molecule has 5 aliphatic heterocycles. The van der Waals surface area contributed by atoms with Gasteiger partial charge in [-0.1, -0.05) is 24.1 Å². The van der Waals surface area contributed by atoms with E-state index >= 15 is 0 Å². The zero-order chi connectivity index (χ0) is 27.6. The topological polar surface area (TPSA) is 53.5 Å². The molecule has 8 rings (SSSR count). The van der Waals surface area contributed by atoms with Crippen molar-refractivity contribution in [3.05, 3.63) is 58.7 Å². The molecule has 6 nitrogen and oxygen atoms in total. The minimum Gasteiger partial charge on any atom is -0.461 e. The Morgan fingerprint density at radius 1 is 1.05 bits per heavy atom. The first-order chi connectivity index (χ1) is 20.1. The Hall–Kier alpha value is -3.21. The van der Waals surface area contributed by atoms with Gasteiger partial charge in [-0.15, -0.1) is 6.42 Å². The van der Waals surface area contributed by atoms with Gasteiger partial charge in [0.05, 0.1) is 29.0 Å². The van der Waals surface area contributed by atoms with Crippen LogP contribution >= 0.6 is 0 Å². The van der Waals surface area contributed by atoms with E-state index in [1.54, 1.807) is 0 Å². The van der Waals surface area contributed by atoms with E-state index in [0.717, 1.165) is 48.0 Å². The molecule has 4 saturated heterocycles. The number of benzene rings is 2. The number of terminal acetylenes is 1. The predicted octanol–water partition coefficient (Wildman–Crippen LogP) is 5.32. The van der Waals surface area contributed by atoms with Crippen molar-refractivity contribution in [2.45, 2.75) is 87.9 Å². The van der Waals surface area contributed by atoms with Crippen LogP contribution in [0.1, 0.15) is 79.8 Å². The first kappa shape index (κ1) is 25.5. The fourth-order valence-corrected chi connectivity index (χ4v) is 8.72. The number of halogens is 1. The maximum Gasteiger partial charge on any atom is 0.316 e. The second kappa shape index (κ2) is 9.96. The molecule has 5 aliphatic rings. The SMILES string of the molecule is C#Cc1c(F)ccc2cccc(N3CCc4c(nc(OCC56CCCN5CCC6)nc4[C@@H]4C[C@H]5CC[C@@H](C4)N5)C3)c12. The average Bonchev–Trinajstić information content (AvgIpc) is 3.68. The quantitative estimate of drug-likeness (QED) is 0.434. The summed E-state index contributed by atoms with van der Waals surface area (Å²) in [5.41, 5.74) is 5.00. The van der Waals surface area contributed by atoms with Gasteiger partial charge in [0.2, 0.25) is 0 Å². The van der Waals surface area contributed by atoms with Crippen LogP contribution in [0.2, 0.25) is 0 Å². The smallest absolute Gasteiger partial charge is 0.316 e. The van der Waals surface area contributed by atoms with E-state index in [4.69, 9.17) is 21.1 Å². The lowest BCUT2D eigenvalue weighted by Crippen LogP contribution is -2.43. The van der Waals surface area contributed by atoms with E-state index in [1.165, 1.54) is 68.9 Å². The van der Waals surface area contributed by atoms with Gasteiger partial charge in [0.15, 0.2) is 0 Å². The maximum absolute atomic E-state index is 14.8. The number of anilines is 1. The number of aromatic nitrogens is 2. The van der Waals surface area contributed by atoms with E-state index in [-0.39, 0.29) is 11.4 Å². The third kappa shape index (κ3) is 4.30. The van der Waals surface area contributed by atoms with Crippen LogP contribution in [0.25, 0.3) is 10.8 Å². The van der Waals surface area contributed by atoms with Crippen molar-refractivity contribution >= 4 is 16.5 Å². The van der Waals surface area contributed by atoms with Crippen molar-refractivity contribution in [3.8, 4) is 18.4 Å². The van der Waals surface area contributed by atoms with Gasteiger partial charge in [-0.25, -0.2) is 4.39 Å². The highest BCUT2D eigenvalue weighted by molar-refractivity contribution is 5.99. The number of piperidine rings is 1. The van der Waals surface area contributed by atoms with Crippen molar-refractivity contribution < 1.29 is 9.13 Å². The summed E-state index contributed by atoms with van der Waals surface area (Å²) in [6.07, 6.45) is 16.4. The minimum atomic E-state index is -0.349. The fourth-order valence-electron chi connectivity index (χ4n) is 8.72. The second-order valence-electron chi connectivity index (χ2n) is 12.9. The van der Waals surface area contributed by atoms with Gasteiger partial charge in [0.1, 0.15) is 12.4 Å². The largest absolute Gasteiger partial charge is 0.461 e. The van der Waals surface area contributed by atoms with Crippen LogP contribution in [-0.2, 0) is 13.0 Å². The van der Waals surface area contributed by atoms with Crippen LogP contribution in [0.5, 0.6) is 6.01 Å². The highest BCUT2D eigenvalue weighted by atomic mass is 19.1. The molecule has 7 heteroatoms. The van der Waals surface area contributed by atoms with Gasteiger partial charge in [-0.2, -0.15) is 9.97 Å². The summed E-state index contributed by atoms with van der Waals surface area (Å²) >= 11 is 0. The predicted molar refractivity (Wildman–Crippen MR) is 159 cm³/mol. The zero-order valence-corrected chi connectivity index (χ0v) is 23.7. The zero-order valence-electron chi connectivity index (χ0n) is 23.7. The van der Waals surface area contributed by atoms with Gasteiger partial charge in [0, 0.05) is 35.6 Å². The molecule has 41 heavy (non-hydrogen) atoms. The lowest BCUT2D eigenvalue weighted by molar-refractivity contribution is 0.107. The van der Waals surface area contributed by atoms with Crippen molar-refractivity contribution in [1.29, 1.82) is 0 Å². The van der Waals surface area contributed by atoms with Gasteiger partial charge in [-0.3, -0.25) is 4.90 Å². The third-order valence-corrected chi connectivity index (χ3v) is 10.7. The minimum absolute atomic E-state index is 0.151. The Labute approximate surface area is 241 Å². The number of hydrogen-bond donors (Lipinski definition) is 1. The Morgan fingerprint density at radius 3 is 2.63 bits per heavy atom. The molecule has 0 spiro atoms. The van der Waals surface area contributed by atoms with E-state index in [9.17, 15) is 4.39 Å². The lowest BCUT2D eigenvalue weighted by atomic mass is 9.85. The van der Waals surface area contributed by atoms with Crippen molar-refractivity contribution in [1.82, 2.24) is 20.2 Å². The van der Waals surface area contributed by atoms with Crippen LogP contribution in [0, 0.1) is 18.2 Å². The maximum atomic E-state index is 14.8. The van der Waals surface area contributed by atoms with Crippen LogP contribution in [0.4, 0.5) is 10.1 Å². The standard InChI is InChI=1S/C34H38FN5O/c1-2-26-28(35)11-8-22-6-3-7-30(31(22)26)39-17-12-27-29(20-39)37-33(41-21-34-13-4-15-40(34)16-5-14-34)38-32(27)23-18-24-9-10-25(19-23)36-24/h1,3,6-8,11,23-25,36H,4-5,9-10,12-21H2/t23-,24-,25+. The molecule has 0 radical (unpaired) electrons. The highest BCUT2D eigenvalue weighted by Gasteiger charge is 2.45. The summed E-state index contributed by atoms with van der Waals surface area (Å²) in [7, 11) is 0. The summed E-state index contributed by atoms with van der Waals surface area (Å²) < 4.78 is 21.3. The Kier molecular flexibility index (Phi) is 6.19. The van der Waals surface area contributed by atoms with Crippen LogP contribution < -0.4 is 15.0 Å². The highest BCUT2D eigenvalue weighted by Crippen LogP contribution is 2.42. The molecular weight excluding hydrogens is 513 g/mol. The molecule has 2 bridgehead atoms. The molecule has 0 saturated carbocycles. The molecule has 1 N–H and O–H groups in total. The first-order valence-corrected chi connectivity index (χ1v) is 15.6. The number of ether oxygens (including phenoxy) is 1. The van der Waals surface area contributed by atoms with Gasteiger partial charge >= 0.3 is 6.01 Å². The molecule has 0 amide bonds. The lowest BCUT2D eigenvalue weighted by Gasteiger charge is -2.35. The Balaban J connectivity index is 1.16. The van der Waals surface area contributed by atoms with Crippen LogP contribution in [0.15, 0.2) is 30.3 Å². The van der Waals surface area contributed by atoms with Crippen molar-refractivity contribution in [2.24, 2.45) is 0 Å². The molecule has 3 atom stereocenters. The summed E-state index contributed by atoms with van der Waals surface area (Å²) in [5, 5.41) is 5.56. The number of nitrogens with zero attached hydrogens (tertiary/aromatic N) is 4. The monoisotopic (exact) mass is 551 g/mol. The molecule has 6 heterocycles. The van der Waals surface area contributed by atoms with Gasteiger partial charge in [-0.05, 0) is 94.0 Å². The summed E-state index contributed by atoms with van der Waals surface area (Å²) in [4.78, 5) is 15.2. The molecule has 2 aromatic carbocycles. The number of nitrogens with one attached hydrogen (secondary N) is 1. The summed E-state index contributed by atoms with van der Waals surface area (Å²) in [6.45, 7) is 4.48. The van der Waals surface area contributed by atoms with Crippen molar-refractivity contribution in [3.63, 3.8) is 0 Å². The molecular formula is C34H38FN5O. The normalized spacial score (nSPS) is 26.6. The van der Waals surface area contributed by atoms with Gasteiger partial charge < -0.3 is 15.0 Å².